The predicted octanol–water partition coefficient (Wildman–Crippen LogP) is 19.4. The fraction of sp³-hybridized carbons (Fsp3) is 0.972. The second-order valence-electron chi connectivity index (χ2n) is 25.8. The Morgan fingerprint density at radius 3 is 0.667 bits per heavy atom. The maximum Gasteiger partial charge on any atom is 0.305 e. The number of esters is 2. The van der Waals surface area contributed by atoms with Crippen molar-refractivity contribution in [2.45, 2.75) is 342 Å². The summed E-state index contributed by atoms with van der Waals surface area (Å²) >= 11 is 0. The quantitative estimate of drug-likeness (QED) is 0.0438. The number of piperazine rings is 1. The summed E-state index contributed by atoms with van der Waals surface area (Å²) in [6, 6.07) is 0. The first-order valence-corrected chi connectivity index (χ1v) is 36.7. The van der Waals surface area contributed by atoms with Crippen molar-refractivity contribution in [3.05, 3.63) is 0 Å². The van der Waals surface area contributed by atoms with E-state index in [4.69, 9.17) is 9.47 Å². The summed E-state index contributed by atoms with van der Waals surface area (Å²) in [6.45, 7) is 25.7. The van der Waals surface area contributed by atoms with Gasteiger partial charge in [0.25, 0.3) is 0 Å². The molecular weight excluding hydrogens is 999 g/mol. The standard InChI is InChI=1S/C72H145N5O4/c1-6-9-12-15-18-21-28-35-42-49-56-73(57-50-43-36-29-22-19-16-13-10-7-2)61-63-75(60-53-46-39-30-23-20-17-14-11-8-3)64-66-77-69-67-76(68-70-77)65-62-74(58-51-44-37-31-24-26-33-40-47-54-71(78)80-4)59-52-45-38-32-25-27-34-41-48-55-72(79)81-5/h6-70H2,1-5H3. The predicted molar refractivity (Wildman–Crippen MR) is 354 cm³/mol. The highest BCUT2D eigenvalue weighted by Gasteiger charge is 2.19. The number of carbonyl (C=O) groups excluding carboxylic acids is 2. The number of hydrogen-bond donors (Lipinski definition) is 0. The van der Waals surface area contributed by atoms with Crippen molar-refractivity contribution >= 4 is 11.9 Å². The summed E-state index contributed by atoms with van der Waals surface area (Å²) in [5, 5.41) is 0. The van der Waals surface area contributed by atoms with Gasteiger partial charge in [-0.25, -0.2) is 0 Å². The van der Waals surface area contributed by atoms with E-state index >= 15 is 0 Å². The van der Waals surface area contributed by atoms with Gasteiger partial charge >= 0.3 is 11.9 Å². The van der Waals surface area contributed by atoms with Gasteiger partial charge < -0.3 is 24.2 Å². The maximum atomic E-state index is 11.4. The van der Waals surface area contributed by atoms with Gasteiger partial charge in [-0.3, -0.25) is 19.4 Å². The number of hydrogen-bond acceptors (Lipinski definition) is 9. The van der Waals surface area contributed by atoms with Gasteiger partial charge in [-0.05, 0) is 77.7 Å². The van der Waals surface area contributed by atoms with Gasteiger partial charge in [0.15, 0.2) is 0 Å². The molecule has 0 amide bonds. The zero-order valence-electron chi connectivity index (χ0n) is 55.8. The zero-order chi connectivity index (χ0) is 58.4. The Labute approximate surface area is 507 Å². The largest absolute Gasteiger partial charge is 0.469 e. The first-order chi connectivity index (χ1) is 39.9. The molecule has 1 aliphatic rings. The lowest BCUT2D eigenvalue weighted by Crippen LogP contribution is -2.50. The lowest BCUT2D eigenvalue weighted by molar-refractivity contribution is -0.141. The molecular formula is C72H145N5O4. The molecule has 0 aromatic heterocycles. The SMILES string of the molecule is CCCCCCCCCCCCN(CCCCCCCCCCCC)CCN(CCCCCCCCCCCC)CCN1CCN(CCN(CCCCCCCCCCCC(=O)OC)CCCCCCCCCCCC(=O)OC)CC1. The molecule has 482 valence electrons. The van der Waals surface area contributed by atoms with Crippen molar-refractivity contribution < 1.29 is 19.1 Å². The van der Waals surface area contributed by atoms with Crippen LogP contribution in [-0.4, -0.2) is 149 Å². The average molecular weight is 1140 g/mol. The van der Waals surface area contributed by atoms with E-state index in [-0.39, 0.29) is 11.9 Å². The summed E-state index contributed by atoms with van der Waals surface area (Å²) < 4.78 is 9.59. The van der Waals surface area contributed by atoms with Gasteiger partial charge in [-0.1, -0.05) is 284 Å². The van der Waals surface area contributed by atoms with Crippen LogP contribution in [0, 0.1) is 0 Å². The monoisotopic (exact) mass is 1140 g/mol. The van der Waals surface area contributed by atoms with Crippen LogP contribution in [-0.2, 0) is 19.1 Å². The molecule has 1 rings (SSSR count). The highest BCUT2D eigenvalue weighted by Crippen LogP contribution is 2.18. The van der Waals surface area contributed by atoms with Crippen LogP contribution in [0.4, 0.5) is 0 Å². The molecule has 1 aliphatic heterocycles. The van der Waals surface area contributed by atoms with Crippen LogP contribution in [0.15, 0.2) is 0 Å². The Hall–Kier alpha value is -1.26. The number of nitrogens with zero attached hydrogens (tertiary/aromatic N) is 5. The summed E-state index contributed by atoms with van der Waals surface area (Å²) in [7, 11) is 2.98. The van der Waals surface area contributed by atoms with Gasteiger partial charge in [0.2, 0.25) is 0 Å². The molecule has 1 heterocycles. The van der Waals surface area contributed by atoms with E-state index < -0.39 is 0 Å². The van der Waals surface area contributed by atoms with Gasteiger partial charge in [0.05, 0.1) is 14.2 Å². The smallest absolute Gasteiger partial charge is 0.305 e. The Bertz CT molecular complexity index is 1200. The van der Waals surface area contributed by atoms with Crippen molar-refractivity contribution in [1.82, 2.24) is 24.5 Å². The number of carbonyl (C=O) groups is 2. The molecule has 0 aromatic carbocycles. The third-order valence-corrected chi connectivity index (χ3v) is 18.3. The molecule has 0 aromatic rings. The van der Waals surface area contributed by atoms with E-state index in [1.165, 1.54) is 395 Å². The molecule has 0 saturated carbocycles. The van der Waals surface area contributed by atoms with Crippen molar-refractivity contribution in [3.8, 4) is 0 Å². The fourth-order valence-corrected chi connectivity index (χ4v) is 12.4. The number of unbranched alkanes of at least 4 members (excludes halogenated alkanes) is 43. The van der Waals surface area contributed by atoms with Crippen LogP contribution in [0.5, 0.6) is 0 Å². The van der Waals surface area contributed by atoms with E-state index in [1.54, 1.807) is 0 Å². The molecule has 81 heavy (non-hydrogen) atoms. The molecule has 0 unspecified atom stereocenters. The lowest BCUT2D eigenvalue weighted by atomic mass is 10.1. The molecule has 9 heteroatoms. The van der Waals surface area contributed by atoms with Crippen LogP contribution in [0.3, 0.4) is 0 Å². The first-order valence-electron chi connectivity index (χ1n) is 36.7. The molecule has 0 N–H and O–H groups in total. The fourth-order valence-electron chi connectivity index (χ4n) is 12.4. The third kappa shape index (κ3) is 55.1. The normalized spacial score (nSPS) is 13.4. The Balaban J connectivity index is 2.73. The molecule has 1 saturated heterocycles. The highest BCUT2D eigenvalue weighted by molar-refractivity contribution is 5.69. The summed E-state index contributed by atoms with van der Waals surface area (Å²) in [5.74, 6) is -0.136. The van der Waals surface area contributed by atoms with E-state index in [9.17, 15) is 9.59 Å². The van der Waals surface area contributed by atoms with Crippen LogP contribution in [0.25, 0.3) is 0 Å². The summed E-state index contributed by atoms with van der Waals surface area (Å²) in [6.07, 6.45) is 66.6. The van der Waals surface area contributed by atoms with Crippen molar-refractivity contribution in [2.75, 3.05) is 112 Å². The van der Waals surface area contributed by atoms with E-state index in [0.29, 0.717) is 12.8 Å². The molecule has 1 fully saturated rings. The van der Waals surface area contributed by atoms with Crippen molar-refractivity contribution in [1.29, 1.82) is 0 Å². The first kappa shape index (κ1) is 77.8. The molecule has 0 atom stereocenters. The van der Waals surface area contributed by atoms with E-state index in [1.807, 2.05) is 0 Å². The Kier molecular flexibility index (Phi) is 60.7. The Morgan fingerprint density at radius 2 is 0.444 bits per heavy atom. The molecule has 9 nitrogen and oxygen atoms in total. The lowest BCUT2D eigenvalue weighted by Gasteiger charge is -2.37. The molecule has 0 bridgehead atoms. The van der Waals surface area contributed by atoms with Crippen LogP contribution in [0.2, 0.25) is 0 Å². The minimum Gasteiger partial charge on any atom is -0.469 e. The summed E-state index contributed by atoms with van der Waals surface area (Å²) in [4.78, 5) is 37.1. The topological polar surface area (TPSA) is 68.8 Å². The number of methoxy groups -OCH3 is 2. The highest BCUT2D eigenvalue weighted by atomic mass is 16.5. The van der Waals surface area contributed by atoms with Crippen LogP contribution in [0.1, 0.15) is 342 Å². The van der Waals surface area contributed by atoms with Gasteiger partial charge in [0.1, 0.15) is 0 Å². The Morgan fingerprint density at radius 1 is 0.259 bits per heavy atom. The van der Waals surface area contributed by atoms with E-state index in [0.717, 1.165) is 25.7 Å². The second-order valence-corrected chi connectivity index (χ2v) is 25.8. The van der Waals surface area contributed by atoms with Crippen LogP contribution < -0.4 is 0 Å². The van der Waals surface area contributed by atoms with Crippen molar-refractivity contribution in [3.63, 3.8) is 0 Å². The van der Waals surface area contributed by atoms with Crippen molar-refractivity contribution in [2.24, 2.45) is 0 Å². The van der Waals surface area contributed by atoms with Gasteiger partial charge in [0, 0.05) is 78.3 Å². The summed E-state index contributed by atoms with van der Waals surface area (Å²) in [5.41, 5.74) is 0. The molecule has 0 radical (unpaired) electrons. The zero-order valence-corrected chi connectivity index (χ0v) is 55.8. The molecule has 0 aliphatic carbocycles. The van der Waals surface area contributed by atoms with Gasteiger partial charge in [-0.15, -0.1) is 0 Å². The molecule has 0 spiro atoms. The minimum absolute atomic E-state index is 0.0680. The maximum absolute atomic E-state index is 11.4. The minimum atomic E-state index is -0.0680. The van der Waals surface area contributed by atoms with E-state index in [2.05, 4.69) is 45.3 Å². The van der Waals surface area contributed by atoms with Gasteiger partial charge in [-0.2, -0.15) is 0 Å². The third-order valence-electron chi connectivity index (χ3n) is 18.3. The number of ether oxygens (including phenoxy) is 2. The number of rotatable bonds is 66. The average Bonchev–Trinajstić information content (AvgIpc) is 3.49. The van der Waals surface area contributed by atoms with Crippen LogP contribution >= 0.6 is 0 Å². The second kappa shape index (κ2) is 63.2.